The quantitative estimate of drug-likeness (QED) is 0.742. The van der Waals surface area contributed by atoms with Gasteiger partial charge in [0, 0.05) is 16.3 Å². The highest BCUT2D eigenvalue weighted by atomic mass is 35.5. The summed E-state index contributed by atoms with van der Waals surface area (Å²) in [5, 5.41) is 0.578. The van der Waals surface area contributed by atoms with Gasteiger partial charge in [0.1, 0.15) is 5.82 Å². The first-order valence-corrected chi connectivity index (χ1v) is 5.26. The molecule has 0 spiro atoms. The number of nitrogens with two attached hydrogens (primary N) is 1. The van der Waals surface area contributed by atoms with Crippen LogP contribution in [0.3, 0.4) is 0 Å². The van der Waals surface area contributed by atoms with Gasteiger partial charge in [-0.05, 0) is 42.3 Å². The Morgan fingerprint density at radius 2 is 1.88 bits per heavy atom. The monoisotopic (exact) mass is 235 g/mol. The second-order valence-electron chi connectivity index (χ2n) is 3.75. The molecule has 0 atom stereocenters. The maximum Gasteiger partial charge on any atom is 0.124 e. The number of hydrogen-bond acceptors (Lipinski definition) is 1. The van der Waals surface area contributed by atoms with Crippen LogP contribution in [0.15, 0.2) is 36.4 Å². The maximum atomic E-state index is 13.3. The van der Waals surface area contributed by atoms with E-state index in [9.17, 15) is 4.39 Å². The lowest BCUT2D eigenvalue weighted by Gasteiger charge is -2.07. The average molecular weight is 236 g/mol. The number of aryl methyl sites for hydroxylation is 1. The van der Waals surface area contributed by atoms with Crippen LogP contribution in [-0.2, 0) is 0 Å². The van der Waals surface area contributed by atoms with Crippen molar-refractivity contribution in [2.75, 3.05) is 5.73 Å². The lowest BCUT2D eigenvalue weighted by molar-refractivity contribution is 0.627. The Morgan fingerprint density at radius 1 is 1.12 bits per heavy atom. The van der Waals surface area contributed by atoms with Gasteiger partial charge in [-0.15, -0.1) is 0 Å². The SMILES string of the molecule is Cc1cc(F)cc(-c2ccc(Cl)cc2N)c1. The molecule has 82 valence electrons. The predicted molar refractivity (Wildman–Crippen MR) is 66.0 cm³/mol. The van der Waals surface area contributed by atoms with E-state index in [1.807, 2.05) is 13.0 Å². The minimum Gasteiger partial charge on any atom is -0.398 e. The first-order valence-electron chi connectivity index (χ1n) is 4.89. The zero-order valence-corrected chi connectivity index (χ0v) is 9.55. The fraction of sp³-hybridized carbons (Fsp3) is 0.0769. The second kappa shape index (κ2) is 4.14. The molecule has 0 aliphatic carbocycles. The highest BCUT2D eigenvalue weighted by molar-refractivity contribution is 6.31. The van der Waals surface area contributed by atoms with Crippen molar-refractivity contribution in [2.45, 2.75) is 6.92 Å². The molecule has 0 saturated carbocycles. The third-order valence-corrected chi connectivity index (χ3v) is 2.60. The van der Waals surface area contributed by atoms with Crippen LogP contribution in [0.2, 0.25) is 5.02 Å². The number of rotatable bonds is 1. The van der Waals surface area contributed by atoms with Gasteiger partial charge < -0.3 is 5.73 Å². The van der Waals surface area contributed by atoms with Gasteiger partial charge in [0.25, 0.3) is 0 Å². The van der Waals surface area contributed by atoms with Crippen LogP contribution < -0.4 is 5.73 Å². The summed E-state index contributed by atoms with van der Waals surface area (Å²) >= 11 is 5.81. The molecule has 0 fully saturated rings. The molecule has 1 nitrogen and oxygen atoms in total. The molecule has 0 aliphatic heterocycles. The molecular formula is C13H11ClFN. The Labute approximate surface area is 98.7 Å². The highest BCUT2D eigenvalue weighted by Crippen LogP contribution is 2.29. The third kappa shape index (κ3) is 2.17. The summed E-state index contributed by atoms with van der Waals surface area (Å²) in [6.45, 7) is 1.85. The van der Waals surface area contributed by atoms with Gasteiger partial charge in [0.05, 0.1) is 0 Å². The Bertz CT molecular complexity index is 517. The Kier molecular flexibility index (Phi) is 2.84. The van der Waals surface area contributed by atoms with Crippen molar-refractivity contribution in [3.8, 4) is 11.1 Å². The maximum absolute atomic E-state index is 13.3. The summed E-state index contributed by atoms with van der Waals surface area (Å²) in [6.07, 6.45) is 0. The molecule has 0 aromatic heterocycles. The molecule has 2 aromatic carbocycles. The molecular weight excluding hydrogens is 225 g/mol. The number of benzene rings is 2. The Balaban J connectivity index is 2.58. The van der Waals surface area contributed by atoms with Gasteiger partial charge in [-0.2, -0.15) is 0 Å². The van der Waals surface area contributed by atoms with Crippen molar-refractivity contribution in [1.82, 2.24) is 0 Å². The minimum absolute atomic E-state index is 0.260. The fourth-order valence-electron chi connectivity index (χ4n) is 1.69. The Morgan fingerprint density at radius 3 is 2.50 bits per heavy atom. The van der Waals surface area contributed by atoms with Crippen molar-refractivity contribution in [1.29, 1.82) is 0 Å². The molecule has 16 heavy (non-hydrogen) atoms. The summed E-state index contributed by atoms with van der Waals surface area (Å²) in [6, 6.07) is 10.0. The summed E-state index contributed by atoms with van der Waals surface area (Å²) in [4.78, 5) is 0. The van der Waals surface area contributed by atoms with Gasteiger partial charge in [-0.25, -0.2) is 4.39 Å². The molecule has 0 bridgehead atoms. The average Bonchev–Trinajstić information content (AvgIpc) is 2.15. The summed E-state index contributed by atoms with van der Waals surface area (Å²) < 4.78 is 13.3. The van der Waals surface area contributed by atoms with Crippen LogP contribution in [0.1, 0.15) is 5.56 Å². The molecule has 0 unspecified atom stereocenters. The van der Waals surface area contributed by atoms with E-state index in [-0.39, 0.29) is 5.82 Å². The first kappa shape index (κ1) is 11.0. The van der Waals surface area contributed by atoms with Gasteiger partial charge in [-0.1, -0.05) is 23.7 Å². The molecule has 0 radical (unpaired) electrons. The lowest BCUT2D eigenvalue weighted by atomic mass is 10.0. The fourth-order valence-corrected chi connectivity index (χ4v) is 1.87. The summed E-state index contributed by atoms with van der Waals surface area (Å²) in [7, 11) is 0. The van der Waals surface area contributed by atoms with E-state index < -0.39 is 0 Å². The van der Waals surface area contributed by atoms with Crippen molar-refractivity contribution < 1.29 is 4.39 Å². The van der Waals surface area contributed by atoms with Crippen LogP contribution >= 0.6 is 11.6 Å². The van der Waals surface area contributed by atoms with E-state index in [1.165, 1.54) is 12.1 Å². The van der Waals surface area contributed by atoms with Crippen LogP contribution in [-0.4, -0.2) is 0 Å². The Hall–Kier alpha value is -1.54. The predicted octanol–water partition coefficient (Wildman–Crippen LogP) is 4.04. The molecule has 3 heteroatoms. The van der Waals surface area contributed by atoms with Crippen molar-refractivity contribution in [3.05, 3.63) is 52.8 Å². The van der Waals surface area contributed by atoms with E-state index >= 15 is 0 Å². The molecule has 0 heterocycles. The van der Waals surface area contributed by atoms with Gasteiger partial charge in [0.2, 0.25) is 0 Å². The van der Waals surface area contributed by atoms with Crippen LogP contribution in [0, 0.1) is 12.7 Å². The van der Waals surface area contributed by atoms with Gasteiger partial charge in [0.15, 0.2) is 0 Å². The van der Waals surface area contributed by atoms with Crippen LogP contribution in [0.5, 0.6) is 0 Å². The first-order chi connectivity index (χ1) is 7.56. The topological polar surface area (TPSA) is 26.0 Å². The van der Waals surface area contributed by atoms with E-state index in [0.717, 1.165) is 16.7 Å². The molecule has 2 N–H and O–H groups in total. The largest absolute Gasteiger partial charge is 0.398 e. The smallest absolute Gasteiger partial charge is 0.124 e. The van der Waals surface area contributed by atoms with Crippen molar-refractivity contribution in [2.24, 2.45) is 0 Å². The zero-order chi connectivity index (χ0) is 11.7. The minimum atomic E-state index is -0.260. The van der Waals surface area contributed by atoms with E-state index in [1.54, 1.807) is 18.2 Å². The highest BCUT2D eigenvalue weighted by Gasteiger charge is 2.05. The van der Waals surface area contributed by atoms with Gasteiger partial charge >= 0.3 is 0 Å². The van der Waals surface area contributed by atoms with E-state index in [0.29, 0.717) is 10.7 Å². The molecule has 0 saturated heterocycles. The van der Waals surface area contributed by atoms with Crippen LogP contribution in [0.4, 0.5) is 10.1 Å². The number of anilines is 1. The lowest BCUT2D eigenvalue weighted by Crippen LogP contribution is -1.91. The number of nitrogen functional groups attached to an aromatic ring is 1. The van der Waals surface area contributed by atoms with Crippen molar-refractivity contribution >= 4 is 17.3 Å². The summed E-state index contributed by atoms with van der Waals surface area (Å²) in [5.41, 5.74) is 8.83. The molecule has 2 aromatic rings. The van der Waals surface area contributed by atoms with Crippen LogP contribution in [0.25, 0.3) is 11.1 Å². The second-order valence-corrected chi connectivity index (χ2v) is 4.19. The third-order valence-electron chi connectivity index (χ3n) is 2.37. The number of halogens is 2. The standard InChI is InChI=1S/C13H11ClFN/c1-8-4-9(6-11(15)5-8)12-3-2-10(14)7-13(12)16/h2-7H,16H2,1H3. The molecule has 0 amide bonds. The summed E-state index contributed by atoms with van der Waals surface area (Å²) in [5.74, 6) is -0.260. The number of hydrogen-bond donors (Lipinski definition) is 1. The van der Waals surface area contributed by atoms with Crippen molar-refractivity contribution in [3.63, 3.8) is 0 Å². The van der Waals surface area contributed by atoms with E-state index in [2.05, 4.69) is 0 Å². The zero-order valence-electron chi connectivity index (χ0n) is 8.80. The van der Waals surface area contributed by atoms with Gasteiger partial charge in [-0.3, -0.25) is 0 Å². The molecule has 2 rings (SSSR count). The molecule has 0 aliphatic rings. The normalized spacial score (nSPS) is 10.4. The van der Waals surface area contributed by atoms with E-state index in [4.69, 9.17) is 17.3 Å².